The zero-order chi connectivity index (χ0) is 22.1. The molecule has 0 saturated carbocycles. The predicted octanol–water partition coefficient (Wildman–Crippen LogP) is 3.91. The van der Waals surface area contributed by atoms with Crippen molar-refractivity contribution >= 4 is 46.4 Å². The number of rotatable bonds is 9. The van der Waals surface area contributed by atoms with E-state index in [0.717, 1.165) is 0 Å². The van der Waals surface area contributed by atoms with Crippen LogP contribution in [-0.2, 0) is 35.0 Å². The van der Waals surface area contributed by atoms with E-state index in [1.165, 1.54) is 13.4 Å². The van der Waals surface area contributed by atoms with Crippen LogP contribution in [0.3, 0.4) is 0 Å². The van der Waals surface area contributed by atoms with Crippen LogP contribution in [0, 0.1) is 5.82 Å². The van der Waals surface area contributed by atoms with Crippen LogP contribution in [0.4, 0.5) is 4.39 Å². The van der Waals surface area contributed by atoms with Crippen LogP contribution in [0.25, 0.3) is 0 Å². The first kappa shape index (κ1) is 24.1. The average molecular weight is 526 g/mol. The van der Waals surface area contributed by atoms with Crippen molar-refractivity contribution < 1.29 is 42.0 Å². The highest BCUT2D eigenvalue weighted by atomic mass is 35.5. The molecule has 31 heavy (non-hydrogen) atoms. The third-order valence-corrected chi connectivity index (χ3v) is 5.79. The molecule has 0 amide bonds. The largest absolute Gasteiger partial charge is 0.491 e. The molecule has 0 aliphatic carbocycles. The van der Waals surface area contributed by atoms with E-state index in [2.05, 4.69) is 0 Å². The molecule has 0 N–H and O–H groups in total. The third-order valence-electron chi connectivity index (χ3n) is 5.08. The van der Waals surface area contributed by atoms with Crippen LogP contribution in [0.2, 0.25) is 0 Å². The summed E-state index contributed by atoms with van der Waals surface area (Å²) < 4.78 is 59.5. The van der Waals surface area contributed by atoms with E-state index in [1.807, 2.05) is 0 Å². The summed E-state index contributed by atoms with van der Waals surface area (Å²) in [4.78, 5) is -1.31. The summed E-state index contributed by atoms with van der Waals surface area (Å²) in [6.45, 7) is 0.0416. The van der Waals surface area contributed by atoms with Crippen molar-refractivity contribution in [2.45, 2.75) is 72.4 Å². The number of hydrogen-bond acceptors (Lipinski definition) is 8. The summed E-state index contributed by atoms with van der Waals surface area (Å²) >= 11 is 23.3. The van der Waals surface area contributed by atoms with Gasteiger partial charge in [-0.25, -0.2) is 0 Å². The molecule has 7 atom stereocenters. The fraction of sp³-hybridized carbons (Fsp3) is 0.778. The van der Waals surface area contributed by atoms with E-state index in [-0.39, 0.29) is 31.1 Å². The minimum atomic E-state index is -0.737. The molecule has 3 saturated heterocycles. The second-order valence-corrected chi connectivity index (χ2v) is 9.70. The Labute approximate surface area is 197 Å². The van der Waals surface area contributed by atoms with Gasteiger partial charge in [0, 0.05) is 12.8 Å². The highest BCUT2D eigenvalue weighted by molar-refractivity contribution is 6.44. The van der Waals surface area contributed by atoms with Gasteiger partial charge in [0.2, 0.25) is 5.82 Å². The van der Waals surface area contributed by atoms with E-state index in [0.29, 0.717) is 6.42 Å². The van der Waals surface area contributed by atoms with E-state index < -0.39 is 58.8 Å². The quantitative estimate of drug-likeness (QED) is 0.449. The second-order valence-electron chi connectivity index (χ2n) is 7.14. The molecule has 0 bridgehead atoms. The molecule has 2 unspecified atom stereocenters. The van der Waals surface area contributed by atoms with Gasteiger partial charge < -0.3 is 37.6 Å². The maximum Gasteiger partial charge on any atom is 0.208 e. The smallest absolute Gasteiger partial charge is 0.208 e. The van der Waals surface area contributed by atoms with Crippen LogP contribution >= 0.6 is 46.4 Å². The fourth-order valence-electron chi connectivity index (χ4n) is 3.69. The summed E-state index contributed by atoms with van der Waals surface area (Å²) in [6, 6.07) is 0. The molecule has 4 heterocycles. The predicted molar refractivity (Wildman–Crippen MR) is 107 cm³/mol. The number of furan rings is 1. The first-order valence-corrected chi connectivity index (χ1v) is 11.3. The number of ether oxygens (including phenoxy) is 7. The first-order chi connectivity index (χ1) is 14.9. The van der Waals surface area contributed by atoms with Crippen molar-refractivity contribution in [1.82, 2.24) is 0 Å². The minimum absolute atomic E-state index is 0.0152. The van der Waals surface area contributed by atoms with E-state index in [1.54, 1.807) is 0 Å². The summed E-state index contributed by atoms with van der Waals surface area (Å²) in [6.07, 6.45) is -2.67. The van der Waals surface area contributed by atoms with Crippen LogP contribution in [0.5, 0.6) is 5.75 Å². The standard InChI is InChI=1S/C18H21Cl4FO8/c1-24-7-4-25-8(14(7)23)5-27-16-15(9-6-26-12(28-9)2-10(19)20)31-18-17(16)29-13(30-18)3-11(21)22/h4,9-13,15-18H,2-3,5-6H2,1H3/t9-,12?,13?,15-,16+,17-,18+/m1/s1. The van der Waals surface area contributed by atoms with Gasteiger partial charge in [0.1, 0.15) is 47.0 Å². The molecule has 3 aliphatic rings. The Morgan fingerprint density at radius 2 is 1.77 bits per heavy atom. The molecule has 0 spiro atoms. The maximum atomic E-state index is 14.3. The minimum Gasteiger partial charge on any atom is -0.491 e. The number of halogens is 5. The lowest BCUT2D eigenvalue weighted by atomic mass is 10.1. The molecule has 0 aromatic carbocycles. The Morgan fingerprint density at radius 1 is 1.03 bits per heavy atom. The number of alkyl halides is 4. The van der Waals surface area contributed by atoms with Crippen LogP contribution in [0.1, 0.15) is 18.6 Å². The molecular formula is C18H21Cl4FO8. The molecule has 4 rings (SSSR count). The Kier molecular flexibility index (Phi) is 8.12. The molecule has 1 aromatic rings. The summed E-state index contributed by atoms with van der Waals surface area (Å²) in [5.41, 5.74) is 0. The lowest BCUT2D eigenvalue weighted by Crippen LogP contribution is -2.43. The van der Waals surface area contributed by atoms with Gasteiger partial charge in [-0.1, -0.05) is 0 Å². The SMILES string of the molecule is COc1coc(CO[C@@H]2[C@H]3OC(CC(Cl)Cl)O[C@H]3O[C@@H]2[C@H]2COC(CC(Cl)Cl)O2)c1F. The normalized spacial score (nSPS) is 35.4. The van der Waals surface area contributed by atoms with Crippen molar-refractivity contribution in [1.29, 1.82) is 0 Å². The second kappa shape index (κ2) is 10.5. The zero-order valence-electron chi connectivity index (χ0n) is 16.3. The van der Waals surface area contributed by atoms with Crippen molar-refractivity contribution in [3.63, 3.8) is 0 Å². The molecule has 0 radical (unpaired) electrons. The summed E-state index contributed by atoms with van der Waals surface area (Å²) in [7, 11) is 1.34. The van der Waals surface area contributed by atoms with Crippen molar-refractivity contribution in [3.05, 3.63) is 17.8 Å². The van der Waals surface area contributed by atoms with E-state index in [4.69, 9.17) is 84.0 Å². The van der Waals surface area contributed by atoms with Gasteiger partial charge in [-0.15, -0.1) is 46.4 Å². The zero-order valence-corrected chi connectivity index (χ0v) is 19.3. The van der Waals surface area contributed by atoms with E-state index in [9.17, 15) is 4.39 Å². The maximum absolute atomic E-state index is 14.3. The van der Waals surface area contributed by atoms with Gasteiger partial charge in [0.25, 0.3) is 0 Å². The number of methoxy groups -OCH3 is 1. The van der Waals surface area contributed by atoms with Gasteiger partial charge >= 0.3 is 0 Å². The molecule has 176 valence electrons. The topological polar surface area (TPSA) is 77.8 Å². The molecule has 3 aliphatic heterocycles. The average Bonchev–Trinajstić information content (AvgIpc) is 3.44. The van der Waals surface area contributed by atoms with Gasteiger partial charge in [-0.05, 0) is 0 Å². The summed E-state index contributed by atoms with van der Waals surface area (Å²) in [5.74, 6) is -0.679. The fourth-order valence-corrected chi connectivity index (χ4v) is 4.28. The first-order valence-electron chi connectivity index (χ1n) is 9.57. The van der Waals surface area contributed by atoms with Gasteiger partial charge in [0.05, 0.1) is 13.7 Å². The van der Waals surface area contributed by atoms with Gasteiger partial charge in [-0.3, -0.25) is 0 Å². The Morgan fingerprint density at radius 3 is 2.45 bits per heavy atom. The number of hydrogen-bond donors (Lipinski definition) is 0. The molecule has 13 heteroatoms. The van der Waals surface area contributed by atoms with Crippen LogP contribution in [0.15, 0.2) is 10.7 Å². The lowest BCUT2D eigenvalue weighted by molar-refractivity contribution is -0.198. The highest BCUT2D eigenvalue weighted by Crippen LogP contribution is 2.40. The van der Waals surface area contributed by atoms with Crippen molar-refractivity contribution in [3.8, 4) is 5.75 Å². The van der Waals surface area contributed by atoms with E-state index >= 15 is 0 Å². The molecule has 1 aromatic heterocycles. The third kappa shape index (κ3) is 5.54. The Bertz CT molecular complexity index is 737. The van der Waals surface area contributed by atoms with Crippen LogP contribution in [-0.4, -0.2) is 66.7 Å². The lowest BCUT2D eigenvalue weighted by Gasteiger charge is -2.26. The number of fused-ring (bicyclic) bond motifs is 1. The highest BCUT2D eigenvalue weighted by Gasteiger charge is 2.56. The van der Waals surface area contributed by atoms with Gasteiger partial charge in [0.15, 0.2) is 30.4 Å². The van der Waals surface area contributed by atoms with Crippen molar-refractivity contribution in [2.75, 3.05) is 13.7 Å². The van der Waals surface area contributed by atoms with Crippen molar-refractivity contribution in [2.24, 2.45) is 0 Å². The molecule has 3 fully saturated rings. The Balaban J connectivity index is 1.45. The molecule has 8 nitrogen and oxygen atoms in total. The summed E-state index contributed by atoms with van der Waals surface area (Å²) in [5, 5.41) is 0. The molecular weight excluding hydrogens is 505 g/mol. The van der Waals surface area contributed by atoms with Gasteiger partial charge in [-0.2, -0.15) is 4.39 Å². The monoisotopic (exact) mass is 524 g/mol. The van der Waals surface area contributed by atoms with Crippen LogP contribution < -0.4 is 4.74 Å². The Hall–Kier alpha value is -0.0700.